The number of ether oxygens (including phenoxy) is 1. The van der Waals surface area contributed by atoms with Crippen LogP contribution in [0.4, 0.5) is 0 Å². The fourth-order valence-electron chi connectivity index (χ4n) is 2.40. The van der Waals surface area contributed by atoms with Crippen LogP contribution in [0.1, 0.15) is 12.0 Å². The Morgan fingerprint density at radius 3 is 1.96 bits per heavy atom. The van der Waals surface area contributed by atoms with Crippen LogP contribution in [0.2, 0.25) is 0 Å². The third kappa shape index (κ3) is 6.26. The van der Waals surface area contributed by atoms with Crippen molar-refractivity contribution in [3.63, 3.8) is 0 Å². The first-order valence-electron chi connectivity index (χ1n) is 7.43. The van der Waals surface area contributed by atoms with Crippen molar-refractivity contribution in [3.8, 4) is 5.75 Å². The van der Waals surface area contributed by atoms with Crippen molar-refractivity contribution in [2.24, 2.45) is 0 Å². The van der Waals surface area contributed by atoms with Gasteiger partial charge in [-0.2, -0.15) is 8.42 Å². The topological polar surface area (TPSA) is 121 Å². The van der Waals surface area contributed by atoms with E-state index in [1.165, 1.54) is 0 Å². The molecule has 9 heteroatoms. The molecule has 0 saturated carbocycles. The lowest BCUT2D eigenvalue weighted by Gasteiger charge is -2.24. The standard InChI is InChI=1S/C16H19O7PS/c17-24(18,19)16(25(20,21)22)12-15(11-13-7-3-1-4-8-13)23-14-9-5-2-6-10-14/h1-10,15-16H,11-12H2,(H2,17,18,19)(H,20,21,22)/t15?,16-/m1/s1. The maximum Gasteiger partial charge on any atom is 0.346 e. The second-order valence-corrected chi connectivity index (χ2v) is 9.29. The Balaban J connectivity index is 2.28. The highest BCUT2D eigenvalue weighted by molar-refractivity contribution is 7.93. The van der Waals surface area contributed by atoms with Crippen LogP contribution in [-0.4, -0.2) is 33.9 Å². The lowest BCUT2D eigenvalue weighted by Crippen LogP contribution is -2.30. The highest BCUT2D eigenvalue weighted by Crippen LogP contribution is 2.46. The summed E-state index contributed by atoms with van der Waals surface area (Å²) in [7, 11) is -10.0. The highest BCUT2D eigenvalue weighted by Gasteiger charge is 2.42. The smallest absolute Gasteiger partial charge is 0.346 e. The minimum Gasteiger partial charge on any atom is -0.490 e. The molecule has 0 fully saturated rings. The van der Waals surface area contributed by atoms with Crippen LogP contribution in [0.3, 0.4) is 0 Å². The van der Waals surface area contributed by atoms with Crippen LogP contribution in [0.25, 0.3) is 0 Å². The van der Waals surface area contributed by atoms with E-state index >= 15 is 0 Å². The van der Waals surface area contributed by atoms with Crippen LogP contribution in [0, 0.1) is 0 Å². The Bertz CT molecular complexity index is 777. The van der Waals surface area contributed by atoms with Crippen molar-refractivity contribution < 1.29 is 32.1 Å². The maximum absolute atomic E-state index is 11.5. The Morgan fingerprint density at radius 1 is 0.960 bits per heavy atom. The third-order valence-corrected chi connectivity index (χ3v) is 7.00. The summed E-state index contributed by atoms with van der Waals surface area (Å²) in [4.78, 5) is 16.4. The number of hydrogen-bond acceptors (Lipinski definition) is 4. The molecule has 136 valence electrons. The zero-order valence-corrected chi connectivity index (χ0v) is 14.9. The van der Waals surface area contributed by atoms with Gasteiger partial charge in [-0.05, 0) is 17.7 Å². The average Bonchev–Trinajstić information content (AvgIpc) is 2.52. The lowest BCUT2D eigenvalue weighted by molar-refractivity contribution is 0.190. The number of para-hydroxylation sites is 1. The predicted molar refractivity (Wildman–Crippen MR) is 93.0 cm³/mol. The van der Waals surface area contributed by atoms with Crippen LogP contribution >= 0.6 is 7.60 Å². The maximum atomic E-state index is 11.5. The molecule has 0 aliphatic heterocycles. The molecule has 0 bridgehead atoms. The molecule has 2 aromatic carbocycles. The second-order valence-electron chi connectivity index (χ2n) is 5.54. The van der Waals surface area contributed by atoms with Crippen molar-refractivity contribution >= 4 is 17.7 Å². The number of rotatable bonds is 8. The van der Waals surface area contributed by atoms with E-state index in [0.29, 0.717) is 5.75 Å². The fraction of sp³-hybridized carbons (Fsp3) is 0.250. The van der Waals surface area contributed by atoms with Crippen molar-refractivity contribution in [3.05, 3.63) is 66.2 Å². The van der Waals surface area contributed by atoms with Crippen LogP contribution in [-0.2, 0) is 21.1 Å². The lowest BCUT2D eigenvalue weighted by atomic mass is 10.1. The van der Waals surface area contributed by atoms with Gasteiger partial charge in [-0.1, -0.05) is 48.5 Å². The first kappa shape index (κ1) is 19.6. The van der Waals surface area contributed by atoms with Crippen molar-refractivity contribution in [1.29, 1.82) is 0 Å². The summed E-state index contributed by atoms with van der Waals surface area (Å²) in [6.07, 6.45) is -1.18. The zero-order valence-electron chi connectivity index (χ0n) is 13.2. The Labute approximate surface area is 146 Å². The van der Waals surface area contributed by atoms with Gasteiger partial charge in [0.1, 0.15) is 11.9 Å². The largest absolute Gasteiger partial charge is 0.490 e. The van der Waals surface area contributed by atoms with Crippen LogP contribution in [0.5, 0.6) is 5.75 Å². The van der Waals surface area contributed by atoms with Gasteiger partial charge in [0, 0.05) is 12.8 Å². The van der Waals surface area contributed by atoms with Gasteiger partial charge in [0.15, 0.2) is 4.99 Å². The van der Waals surface area contributed by atoms with E-state index in [9.17, 15) is 27.3 Å². The Kier molecular flexibility index (Phi) is 6.37. The molecule has 1 unspecified atom stereocenters. The average molecular weight is 386 g/mol. The molecular weight excluding hydrogens is 367 g/mol. The highest BCUT2D eigenvalue weighted by atomic mass is 32.2. The SMILES string of the molecule is O=P(O)(O)[C@@H](CC(Cc1ccccc1)Oc1ccccc1)S(=O)(=O)O. The normalized spacial score (nSPS) is 14.7. The van der Waals surface area contributed by atoms with Gasteiger partial charge in [-0.3, -0.25) is 9.12 Å². The van der Waals surface area contributed by atoms with Gasteiger partial charge in [-0.15, -0.1) is 0 Å². The molecule has 0 aliphatic carbocycles. The molecule has 25 heavy (non-hydrogen) atoms. The van der Waals surface area contributed by atoms with Gasteiger partial charge in [0.2, 0.25) is 0 Å². The molecule has 0 spiro atoms. The van der Waals surface area contributed by atoms with E-state index in [4.69, 9.17) is 4.74 Å². The monoisotopic (exact) mass is 386 g/mol. The van der Waals surface area contributed by atoms with Crippen molar-refractivity contribution in [2.75, 3.05) is 0 Å². The van der Waals surface area contributed by atoms with E-state index in [1.807, 2.05) is 6.07 Å². The molecular formula is C16H19O7PS. The molecule has 7 nitrogen and oxygen atoms in total. The first-order chi connectivity index (χ1) is 11.7. The minimum absolute atomic E-state index is 0.224. The van der Waals surface area contributed by atoms with E-state index in [0.717, 1.165) is 5.56 Å². The van der Waals surface area contributed by atoms with Gasteiger partial charge in [-0.25, -0.2) is 0 Å². The zero-order chi connectivity index (χ0) is 18.5. The molecule has 0 saturated heterocycles. The van der Waals surface area contributed by atoms with Gasteiger partial charge < -0.3 is 14.5 Å². The summed E-state index contributed by atoms with van der Waals surface area (Å²) in [5.74, 6) is 0.434. The third-order valence-electron chi connectivity index (χ3n) is 3.54. The fourth-order valence-corrected chi connectivity index (χ4v) is 4.75. The Hall–Kier alpha value is -1.70. The first-order valence-corrected chi connectivity index (χ1v) is 10.6. The van der Waals surface area contributed by atoms with Crippen molar-refractivity contribution in [1.82, 2.24) is 0 Å². The molecule has 3 N–H and O–H groups in total. The molecule has 0 amide bonds. The summed E-state index contributed by atoms with van der Waals surface area (Å²) < 4.78 is 49.3. The molecule has 2 rings (SSSR count). The number of benzene rings is 2. The van der Waals surface area contributed by atoms with Gasteiger partial charge >= 0.3 is 7.60 Å². The van der Waals surface area contributed by atoms with Crippen LogP contribution in [0.15, 0.2) is 60.7 Å². The summed E-state index contributed by atoms with van der Waals surface area (Å²) in [5, 5.41) is 0. The predicted octanol–water partition coefficient (Wildman–Crippen LogP) is 2.46. The summed E-state index contributed by atoms with van der Waals surface area (Å²) in [5.41, 5.74) is 0.809. The Morgan fingerprint density at radius 2 is 1.48 bits per heavy atom. The number of hydrogen-bond donors (Lipinski definition) is 3. The summed E-state index contributed by atoms with van der Waals surface area (Å²) >= 11 is 0. The molecule has 0 radical (unpaired) electrons. The molecule has 0 aliphatic rings. The molecule has 2 aromatic rings. The van der Waals surface area contributed by atoms with Crippen molar-refractivity contribution in [2.45, 2.75) is 23.9 Å². The van der Waals surface area contributed by atoms with Gasteiger partial charge in [0.25, 0.3) is 10.1 Å². The molecule has 0 heterocycles. The summed E-state index contributed by atoms with van der Waals surface area (Å²) in [6, 6.07) is 17.5. The van der Waals surface area contributed by atoms with E-state index in [2.05, 4.69) is 0 Å². The quantitative estimate of drug-likeness (QED) is 0.471. The second kappa shape index (κ2) is 8.12. The summed E-state index contributed by atoms with van der Waals surface area (Å²) in [6.45, 7) is 0. The van der Waals surface area contributed by atoms with Crippen LogP contribution < -0.4 is 4.74 Å². The van der Waals surface area contributed by atoms with Gasteiger partial charge in [0.05, 0.1) is 0 Å². The molecule has 2 atom stereocenters. The van der Waals surface area contributed by atoms with E-state index in [1.54, 1.807) is 54.6 Å². The van der Waals surface area contributed by atoms with E-state index < -0.39 is 35.2 Å². The minimum atomic E-state index is -5.08. The molecule has 0 aromatic heterocycles. The van der Waals surface area contributed by atoms with E-state index in [-0.39, 0.29) is 6.42 Å².